The van der Waals surface area contributed by atoms with E-state index in [0.29, 0.717) is 13.0 Å². The van der Waals surface area contributed by atoms with Gasteiger partial charge < -0.3 is 5.32 Å². The van der Waals surface area contributed by atoms with E-state index in [-0.39, 0.29) is 12.5 Å². The average Bonchev–Trinajstić information content (AvgIpc) is 3.20. The summed E-state index contributed by atoms with van der Waals surface area (Å²) in [5, 5.41) is 9.81. The minimum atomic E-state index is -0.0792. The number of hydrogen-bond acceptors (Lipinski definition) is 5. The van der Waals surface area contributed by atoms with Crippen molar-refractivity contribution in [3.05, 3.63) is 53.6 Å². The molecule has 1 aromatic carbocycles. The molecule has 0 radical (unpaired) electrons. The number of aromatic nitrogens is 4. The molecule has 1 N–H and O–H groups in total. The average molecular weight is 327 g/mol. The molecule has 0 aliphatic rings. The number of thiazole rings is 1. The van der Waals surface area contributed by atoms with Crippen LogP contribution in [-0.2, 0) is 17.8 Å². The number of hydrogen-bond donors (Lipinski definition) is 1. The van der Waals surface area contributed by atoms with Crippen LogP contribution in [0, 0.1) is 6.92 Å². The lowest BCUT2D eigenvalue weighted by Gasteiger charge is -2.03. The molecule has 0 saturated heterocycles. The van der Waals surface area contributed by atoms with E-state index >= 15 is 0 Å². The van der Waals surface area contributed by atoms with Gasteiger partial charge in [0.25, 0.3) is 0 Å². The van der Waals surface area contributed by atoms with Crippen LogP contribution in [-0.4, -0.2) is 32.2 Å². The maximum Gasteiger partial charge on any atom is 0.241 e. The Bertz CT molecular complexity index is 764. The van der Waals surface area contributed by atoms with Gasteiger partial charge in [-0.05, 0) is 6.92 Å². The van der Waals surface area contributed by atoms with Crippen molar-refractivity contribution in [1.82, 2.24) is 25.1 Å². The fraction of sp³-hybridized carbons (Fsp3) is 0.250. The highest BCUT2D eigenvalue weighted by Crippen LogP contribution is 2.24. The normalized spacial score (nSPS) is 10.7. The van der Waals surface area contributed by atoms with Crippen molar-refractivity contribution >= 4 is 17.2 Å². The zero-order valence-corrected chi connectivity index (χ0v) is 13.6. The number of carbonyl (C=O) groups is 1. The van der Waals surface area contributed by atoms with Crippen LogP contribution in [0.3, 0.4) is 0 Å². The summed E-state index contributed by atoms with van der Waals surface area (Å²) in [5.41, 5.74) is 3.36. The summed E-state index contributed by atoms with van der Waals surface area (Å²) >= 11 is 1.62. The molecule has 0 spiro atoms. The van der Waals surface area contributed by atoms with Gasteiger partial charge in [0.1, 0.15) is 24.2 Å². The van der Waals surface area contributed by atoms with Crippen molar-refractivity contribution in [2.24, 2.45) is 0 Å². The van der Waals surface area contributed by atoms with Gasteiger partial charge in [0.05, 0.1) is 5.69 Å². The largest absolute Gasteiger partial charge is 0.354 e. The van der Waals surface area contributed by atoms with Crippen LogP contribution in [0.4, 0.5) is 0 Å². The highest BCUT2D eigenvalue weighted by molar-refractivity contribution is 7.13. The summed E-state index contributed by atoms with van der Waals surface area (Å²) in [6.45, 7) is 2.81. The first-order valence-corrected chi connectivity index (χ1v) is 8.19. The Labute approximate surface area is 138 Å². The van der Waals surface area contributed by atoms with E-state index < -0.39 is 0 Å². The van der Waals surface area contributed by atoms with Gasteiger partial charge in [-0.3, -0.25) is 4.79 Å². The maximum absolute atomic E-state index is 11.7. The molecule has 118 valence electrons. The summed E-state index contributed by atoms with van der Waals surface area (Å²) in [4.78, 5) is 20.2. The monoisotopic (exact) mass is 327 g/mol. The summed E-state index contributed by atoms with van der Waals surface area (Å²) in [6, 6.07) is 8.33. The Morgan fingerprint density at radius 3 is 2.87 bits per heavy atom. The lowest BCUT2D eigenvalue weighted by atomic mass is 10.2. The van der Waals surface area contributed by atoms with E-state index in [2.05, 4.69) is 51.6 Å². The van der Waals surface area contributed by atoms with Crippen LogP contribution >= 0.6 is 11.3 Å². The van der Waals surface area contributed by atoms with Crippen LogP contribution in [0.1, 0.15) is 11.3 Å². The van der Waals surface area contributed by atoms with Gasteiger partial charge in [0.2, 0.25) is 5.91 Å². The minimum absolute atomic E-state index is 0.0792. The van der Waals surface area contributed by atoms with E-state index in [0.717, 1.165) is 16.3 Å². The van der Waals surface area contributed by atoms with Crippen LogP contribution < -0.4 is 5.32 Å². The third kappa shape index (κ3) is 4.23. The molecule has 3 aromatic rings. The summed E-state index contributed by atoms with van der Waals surface area (Å²) in [7, 11) is 0. The minimum Gasteiger partial charge on any atom is -0.354 e. The molecule has 1 amide bonds. The van der Waals surface area contributed by atoms with E-state index in [1.807, 2.05) is 5.38 Å². The topological polar surface area (TPSA) is 72.7 Å². The van der Waals surface area contributed by atoms with Gasteiger partial charge in [-0.15, -0.1) is 11.3 Å². The lowest BCUT2D eigenvalue weighted by molar-refractivity contribution is -0.121. The Hall–Kier alpha value is -2.54. The zero-order chi connectivity index (χ0) is 16.1. The molecule has 0 aliphatic carbocycles. The van der Waals surface area contributed by atoms with Crippen LogP contribution in [0.15, 0.2) is 42.3 Å². The molecule has 2 heterocycles. The van der Waals surface area contributed by atoms with Crippen molar-refractivity contribution in [2.45, 2.75) is 19.9 Å². The van der Waals surface area contributed by atoms with Crippen molar-refractivity contribution in [3.8, 4) is 10.6 Å². The first-order chi connectivity index (χ1) is 11.2. The Morgan fingerprint density at radius 1 is 1.30 bits per heavy atom. The Kier molecular flexibility index (Phi) is 4.77. The number of carbonyl (C=O) groups excluding carboxylic acids is 1. The van der Waals surface area contributed by atoms with E-state index in [4.69, 9.17) is 0 Å². The van der Waals surface area contributed by atoms with Gasteiger partial charge in [0.15, 0.2) is 0 Å². The number of benzene rings is 1. The highest BCUT2D eigenvalue weighted by atomic mass is 32.1. The molecule has 23 heavy (non-hydrogen) atoms. The maximum atomic E-state index is 11.7. The molecule has 7 heteroatoms. The van der Waals surface area contributed by atoms with Crippen LogP contribution in [0.25, 0.3) is 10.6 Å². The number of aryl methyl sites for hydroxylation is 1. The standard InChI is InChI=1S/C16H17N5OS/c1-12-2-4-13(5-3-12)16-20-14(9-23-16)6-7-18-15(22)8-21-11-17-10-19-21/h2-5,9-11H,6-8H2,1H3,(H,18,22). The fourth-order valence-electron chi connectivity index (χ4n) is 2.10. The number of nitrogens with one attached hydrogen (secondary N) is 1. The first kappa shape index (κ1) is 15.4. The van der Waals surface area contributed by atoms with Gasteiger partial charge in [0, 0.05) is 23.9 Å². The molecule has 0 atom stereocenters. The molecule has 2 aromatic heterocycles. The molecule has 0 unspecified atom stereocenters. The third-order valence-corrected chi connectivity index (χ3v) is 4.27. The molecule has 3 rings (SSSR count). The molecule has 6 nitrogen and oxygen atoms in total. The summed E-state index contributed by atoms with van der Waals surface area (Å²) in [6.07, 6.45) is 3.65. The summed E-state index contributed by atoms with van der Waals surface area (Å²) < 4.78 is 1.49. The second kappa shape index (κ2) is 7.15. The quantitative estimate of drug-likeness (QED) is 0.752. The number of nitrogens with zero attached hydrogens (tertiary/aromatic N) is 4. The lowest BCUT2D eigenvalue weighted by Crippen LogP contribution is -2.29. The Morgan fingerprint density at radius 2 is 2.13 bits per heavy atom. The smallest absolute Gasteiger partial charge is 0.241 e. The van der Waals surface area contributed by atoms with Crippen molar-refractivity contribution in [1.29, 1.82) is 0 Å². The fourth-order valence-corrected chi connectivity index (χ4v) is 2.96. The van der Waals surface area contributed by atoms with E-state index in [9.17, 15) is 4.79 Å². The predicted octanol–water partition coefficient (Wildman–Crippen LogP) is 2.07. The van der Waals surface area contributed by atoms with E-state index in [1.165, 1.54) is 22.9 Å². The van der Waals surface area contributed by atoms with Crippen LogP contribution in [0.2, 0.25) is 0 Å². The van der Waals surface area contributed by atoms with Gasteiger partial charge in [-0.1, -0.05) is 29.8 Å². The van der Waals surface area contributed by atoms with Crippen LogP contribution in [0.5, 0.6) is 0 Å². The predicted molar refractivity (Wildman–Crippen MR) is 89.0 cm³/mol. The Balaban J connectivity index is 1.49. The molecule has 0 bridgehead atoms. The van der Waals surface area contributed by atoms with Crippen molar-refractivity contribution in [3.63, 3.8) is 0 Å². The molecular weight excluding hydrogens is 310 g/mol. The molecule has 0 aliphatic heterocycles. The van der Waals surface area contributed by atoms with Crippen molar-refractivity contribution < 1.29 is 4.79 Å². The third-order valence-electron chi connectivity index (χ3n) is 3.33. The number of rotatable bonds is 6. The van der Waals surface area contributed by atoms with Gasteiger partial charge >= 0.3 is 0 Å². The summed E-state index contributed by atoms with van der Waals surface area (Å²) in [5.74, 6) is -0.0792. The second-order valence-corrected chi connectivity index (χ2v) is 6.06. The zero-order valence-electron chi connectivity index (χ0n) is 12.8. The van der Waals surface area contributed by atoms with Gasteiger partial charge in [-0.2, -0.15) is 5.10 Å². The van der Waals surface area contributed by atoms with Gasteiger partial charge in [-0.25, -0.2) is 14.6 Å². The molecule has 0 saturated carbocycles. The highest BCUT2D eigenvalue weighted by Gasteiger charge is 2.06. The second-order valence-electron chi connectivity index (χ2n) is 5.20. The molecular formula is C16H17N5OS. The van der Waals surface area contributed by atoms with Crippen molar-refractivity contribution in [2.75, 3.05) is 6.54 Å². The number of amides is 1. The van der Waals surface area contributed by atoms with E-state index in [1.54, 1.807) is 11.3 Å². The first-order valence-electron chi connectivity index (χ1n) is 7.31. The SMILES string of the molecule is Cc1ccc(-c2nc(CCNC(=O)Cn3cncn3)cs2)cc1. The molecule has 0 fully saturated rings.